The van der Waals surface area contributed by atoms with E-state index in [1.165, 1.54) is 6.42 Å². The summed E-state index contributed by atoms with van der Waals surface area (Å²) in [6.45, 7) is 6.25. The highest BCUT2D eigenvalue weighted by Gasteiger charge is 2.35. The standard InChI is InChI=1S/C13H20N3O2/c1-12(2,11(15)18)8-10(17)16-6-4-13(3,9-14)5-7-16/h8H,4-7H2,1-3H3,(H2,15,18). The van der Waals surface area contributed by atoms with E-state index < -0.39 is 11.3 Å². The lowest BCUT2D eigenvalue weighted by molar-refractivity contribution is -0.134. The minimum atomic E-state index is -0.937. The van der Waals surface area contributed by atoms with Gasteiger partial charge in [-0.05, 0) is 19.8 Å². The lowest BCUT2D eigenvalue weighted by Gasteiger charge is -2.36. The molecule has 1 aliphatic heterocycles. The third-order valence-corrected chi connectivity index (χ3v) is 3.57. The summed E-state index contributed by atoms with van der Waals surface area (Å²) >= 11 is 0. The van der Waals surface area contributed by atoms with Crippen LogP contribution in [0.15, 0.2) is 0 Å². The zero-order valence-corrected chi connectivity index (χ0v) is 11.2. The minimum Gasteiger partial charge on any atom is -0.369 e. The predicted molar refractivity (Wildman–Crippen MR) is 66.8 cm³/mol. The van der Waals surface area contributed by atoms with Gasteiger partial charge in [0.2, 0.25) is 11.8 Å². The van der Waals surface area contributed by atoms with E-state index in [0.717, 1.165) is 0 Å². The van der Waals surface area contributed by atoms with Crippen LogP contribution in [0.25, 0.3) is 0 Å². The van der Waals surface area contributed by atoms with E-state index in [4.69, 9.17) is 11.0 Å². The molecule has 1 saturated heterocycles. The van der Waals surface area contributed by atoms with Crippen LogP contribution in [-0.4, -0.2) is 29.8 Å². The molecule has 2 amide bonds. The second-order valence-corrected chi connectivity index (χ2v) is 5.73. The van der Waals surface area contributed by atoms with Crippen molar-refractivity contribution in [2.45, 2.75) is 33.6 Å². The van der Waals surface area contributed by atoms with E-state index in [-0.39, 0.29) is 11.3 Å². The van der Waals surface area contributed by atoms with E-state index in [1.54, 1.807) is 18.7 Å². The molecule has 0 aromatic rings. The number of likely N-dealkylation sites (tertiary alicyclic amines) is 1. The van der Waals surface area contributed by atoms with Crippen LogP contribution in [0.5, 0.6) is 0 Å². The van der Waals surface area contributed by atoms with Gasteiger partial charge < -0.3 is 10.6 Å². The lowest BCUT2D eigenvalue weighted by atomic mass is 9.81. The fraction of sp³-hybridized carbons (Fsp3) is 0.692. The van der Waals surface area contributed by atoms with E-state index in [9.17, 15) is 9.59 Å². The first-order valence-electron chi connectivity index (χ1n) is 6.06. The Hall–Kier alpha value is -1.57. The van der Waals surface area contributed by atoms with E-state index in [2.05, 4.69) is 6.07 Å². The number of nitriles is 1. The monoisotopic (exact) mass is 250 g/mol. The smallest absolute Gasteiger partial charge is 0.227 e. The maximum atomic E-state index is 12.0. The Morgan fingerprint density at radius 3 is 2.28 bits per heavy atom. The maximum Gasteiger partial charge on any atom is 0.227 e. The van der Waals surface area contributed by atoms with Crippen LogP contribution >= 0.6 is 0 Å². The molecule has 0 unspecified atom stereocenters. The summed E-state index contributed by atoms with van der Waals surface area (Å²) in [5.41, 5.74) is 3.95. The van der Waals surface area contributed by atoms with Crippen LogP contribution in [0.2, 0.25) is 0 Å². The molecule has 0 spiro atoms. The first-order valence-corrected chi connectivity index (χ1v) is 6.06. The first-order chi connectivity index (χ1) is 8.20. The number of carbonyl (C=O) groups excluding carboxylic acids is 2. The average molecular weight is 250 g/mol. The Kier molecular flexibility index (Phi) is 4.00. The fourth-order valence-corrected chi connectivity index (χ4v) is 1.80. The van der Waals surface area contributed by atoms with Gasteiger partial charge >= 0.3 is 0 Å². The van der Waals surface area contributed by atoms with Gasteiger partial charge in [0.1, 0.15) is 0 Å². The quantitative estimate of drug-likeness (QED) is 0.805. The molecule has 2 N–H and O–H groups in total. The zero-order chi connectivity index (χ0) is 14.0. The SMILES string of the molecule is CC1(C#N)CCN(C(=O)[CH]C(C)(C)C(N)=O)CC1. The molecule has 1 radical (unpaired) electrons. The van der Waals surface area contributed by atoms with Crippen molar-refractivity contribution in [2.75, 3.05) is 13.1 Å². The summed E-state index contributed by atoms with van der Waals surface area (Å²) < 4.78 is 0. The number of nitrogens with zero attached hydrogens (tertiary/aromatic N) is 2. The Morgan fingerprint density at radius 2 is 1.89 bits per heavy atom. The molecule has 0 bridgehead atoms. The normalized spacial score (nSPS) is 19.1. The summed E-state index contributed by atoms with van der Waals surface area (Å²) in [6, 6.07) is 2.28. The van der Waals surface area contributed by atoms with Gasteiger partial charge in [-0.1, -0.05) is 13.8 Å². The van der Waals surface area contributed by atoms with Crippen molar-refractivity contribution in [3.8, 4) is 6.07 Å². The predicted octanol–water partition coefficient (Wildman–Crippen LogP) is 0.854. The number of hydrogen-bond acceptors (Lipinski definition) is 3. The average Bonchev–Trinajstić information content (AvgIpc) is 2.29. The molecule has 0 aromatic heterocycles. The number of primary amides is 1. The van der Waals surface area contributed by atoms with Crippen LogP contribution in [0, 0.1) is 28.6 Å². The number of hydrogen-bond donors (Lipinski definition) is 1. The van der Waals surface area contributed by atoms with Crippen molar-refractivity contribution in [2.24, 2.45) is 16.6 Å². The number of piperidine rings is 1. The largest absolute Gasteiger partial charge is 0.369 e. The molecule has 1 fully saturated rings. The van der Waals surface area contributed by atoms with Gasteiger partial charge in [-0.3, -0.25) is 9.59 Å². The van der Waals surface area contributed by atoms with Gasteiger partial charge in [-0.2, -0.15) is 5.26 Å². The molecule has 0 saturated carbocycles. The summed E-state index contributed by atoms with van der Waals surface area (Å²) in [5.74, 6) is -0.700. The number of rotatable bonds is 3. The van der Waals surface area contributed by atoms with Crippen LogP contribution in [0.1, 0.15) is 33.6 Å². The maximum absolute atomic E-state index is 12.0. The van der Waals surface area contributed by atoms with Crippen molar-refractivity contribution in [3.05, 3.63) is 6.42 Å². The zero-order valence-electron chi connectivity index (χ0n) is 11.2. The highest BCUT2D eigenvalue weighted by atomic mass is 16.2. The van der Waals surface area contributed by atoms with Crippen LogP contribution < -0.4 is 5.73 Å². The summed E-state index contributed by atoms with van der Waals surface area (Å²) in [6.07, 6.45) is 2.70. The Labute approximate surface area is 108 Å². The van der Waals surface area contributed by atoms with Gasteiger partial charge in [0.25, 0.3) is 0 Å². The molecule has 1 aliphatic rings. The first kappa shape index (κ1) is 14.5. The molecule has 5 heteroatoms. The van der Waals surface area contributed by atoms with E-state index >= 15 is 0 Å². The highest BCUT2D eigenvalue weighted by Crippen LogP contribution is 2.30. The van der Waals surface area contributed by atoms with Gasteiger partial charge in [0.05, 0.1) is 23.3 Å². The Morgan fingerprint density at radius 1 is 1.39 bits per heavy atom. The molecule has 0 atom stereocenters. The molecule has 99 valence electrons. The molecular formula is C13H20N3O2. The molecule has 5 nitrogen and oxygen atoms in total. The van der Waals surface area contributed by atoms with E-state index in [0.29, 0.717) is 25.9 Å². The molecule has 0 aromatic carbocycles. The minimum absolute atomic E-state index is 0.182. The number of amides is 2. The van der Waals surface area contributed by atoms with E-state index in [1.807, 2.05) is 6.92 Å². The van der Waals surface area contributed by atoms with Crippen LogP contribution in [-0.2, 0) is 9.59 Å². The van der Waals surface area contributed by atoms with Crippen molar-refractivity contribution in [1.82, 2.24) is 4.90 Å². The van der Waals surface area contributed by atoms with Crippen LogP contribution in [0.4, 0.5) is 0 Å². The second kappa shape index (κ2) is 4.97. The summed E-state index contributed by atoms with van der Waals surface area (Å²) in [7, 11) is 0. The van der Waals surface area contributed by atoms with Gasteiger partial charge in [-0.15, -0.1) is 0 Å². The third-order valence-electron chi connectivity index (χ3n) is 3.57. The topological polar surface area (TPSA) is 87.2 Å². The highest BCUT2D eigenvalue weighted by molar-refractivity contribution is 5.94. The van der Waals surface area contributed by atoms with Crippen molar-refractivity contribution in [3.63, 3.8) is 0 Å². The van der Waals surface area contributed by atoms with Gasteiger partial charge in [0.15, 0.2) is 0 Å². The third kappa shape index (κ3) is 3.22. The molecular weight excluding hydrogens is 230 g/mol. The number of carbonyl (C=O) groups is 2. The fourth-order valence-electron chi connectivity index (χ4n) is 1.80. The van der Waals surface area contributed by atoms with Crippen LogP contribution in [0.3, 0.4) is 0 Å². The Balaban J connectivity index is 2.57. The van der Waals surface area contributed by atoms with Crippen molar-refractivity contribution < 1.29 is 9.59 Å². The second-order valence-electron chi connectivity index (χ2n) is 5.73. The molecule has 1 rings (SSSR count). The number of nitrogens with two attached hydrogens (primary N) is 1. The molecule has 1 heterocycles. The van der Waals surface area contributed by atoms with Crippen molar-refractivity contribution in [1.29, 1.82) is 5.26 Å². The lowest BCUT2D eigenvalue weighted by Crippen LogP contribution is -2.45. The van der Waals surface area contributed by atoms with Gasteiger partial charge in [0, 0.05) is 13.1 Å². The van der Waals surface area contributed by atoms with Gasteiger partial charge in [-0.25, -0.2) is 0 Å². The summed E-state index contributed by atoms with van der Waals surface area (Å²) in [5, 5.41) is 9.01. The molecule has 0 aliphatic carbocycles. The Bertz CT molecular complexity index is 388. The molecule has 18 heavy (non-hydrogen) atoms. The van der Waals surface area contributed by atoms with Crippen molar-refractivity contribution >= 4 is 11.8 Å². The summed E-state index contributed by atoms with van der Waals surface area (Å²) in [4.78, 5) is 24.8.